The van der Waals surface area contributed by atoms with Gasteiger partial charge in [0.05, 0.1) is 8.95 Å². The Kier molecular flexibility index (Phi) is 5.89. The first-order valence-corrected chi connectivity index (χ1v) is 7.36. The molecule has 0 amide bonds. The molecule has 0 aliphatic carbocycles. The van der Waals surface area contributed by atoms with E-state index in [4.69, 9.17) is 4.74 Å². The Hall–Kier alpha value is -0.320. The Bertz CT molecular complexity index is 404. The predicted octanol–water partition coefficient (Wildman–Crippen LogP) is 4.53. The van der Waals surface area contributed by atoms with E-state index in [0.717, 1.165) is 26.8 Å². The van der Waals surface area contributed by atoms with Crippen molar-refractivity contribution < 1.29 is 4.74 Å². The summed E-state index contributed by atoms with van der Waals surface area (Å²) in [5.74, 6) is 0.814. The van der Waals surface area contributed by atoms with Crippen LogP contribution >= 0.6 is 31.9 Å². The molecule has 2 nitrogen and oxygen atoms in total. The number of ether oxygens (including phenoxy) is 1. The highest BCUT2D eigenvalue weighted by Gasteiger charge is 2.10. The quantitative estimate of drug-likeness (QED) is 0.762. The van der Waals surface area contributed by atoms with Gasteiger partial charge in [-0.3, -0.25) is 0 Å². The SMILES string of the molecule is C=C(CNC(C)(C)C)COc1c(Br)cccc1Br. The fraction of sp³-hybridized carbons (Fsp3) is 0.429. The van der Waals surface area contributed by atoms with Crippen LogP contribution in [0.25, 0.3) is 0 Å². The number of hydrogen-bond donors (Lipinski definition) is 1. The number of benzene rings is 1. The molecule has 100 valence electrons. The normalized spacial score (nSPS) is 11.4. The van der Waals surface area contributed by atoms with Gasteiger partial charge in [-0.15, -0.1) is 0 Å². The minimum Gasteiger partial charge on any atom is -0.487 e. The van der Waals surface area contributed by atoms with Gasteiger partial charge < -0.3 is 10.1 Å². The lowest BCUT2D eigenvalue weighted by atomic mass is 10.1. The summed E-state index contributed by atoms with van der Waals surface area (Å²) >= 11 is 6.94. The second-order valence-corrected chi connectivity index (χ2v) is 6.90. The summed E-state index contributed by atoms with van der Waals surface area (Å²) in [6.45, 7) is 11.7. The first-order chi connectivity index (χ1) is 8.29. The third kappa shape index (κ3) is 5.55. The van der Waals surface area contributed by atoms with Crippen molar-refractivity contribution in [2.24, 2.45) is 0 Å². The third-order valence-corrected chi connectivity index (χ3v) is 3.46. The van der Waals surface area contributed by atoms with E-state index in [-0.39, 0.29) is 5.54 Å². The van der Waals surface area contributed by atoms with Gasteiger partial charge in [0.25, 0.3) is 0 Å². The van der Waals surface area contributed by atoms with Gasteiger partial charge in [0.15, 0.2) is 0 Å². The van der Waals surface area contributed by atoms with Crippen LogP contribution in [0.15, 0.2) is 39.3 Å². The monoisotopic (exact) mass is 375 g/mol. The van der Waals surface area contributed by atoms with Crippen molar-refractivity contribution in [1.82, 2.24) is 5.32 Å². The highest BCUT2D eigenvalue weighted by Crippen LogP contribution is 2.33. The Morgan fingerprint density at radius 2 is 1.83 bits per heavy atom. The van der Waals surface area contributed by atoms with Gasteiger partial charge in [0.1, 0.15) is 12.4 Å². The number of rotatable bonds is 5. The zero-order chi connectivity index (χ0) is 13.8. The number of hydrogen-bond acceptors (Lipinski definition) is 2. The molecule has 1 aromatic rings. The zero-order valence-corrected chi connectivity index (χ0v) is 14.2. The van der Waals surface area contributed by atoms with Crippen LogP contribution in [0.4, 0.5) is 0 Å². The number of nitrogens with one attached hydrogen (secondary N) is 1. The van der Waals surface area contributed by atoms with E-state index in [0.29, 0.717) is 6.61 Å². The summed E-state index contributed by atoms with van der Waals surface area (Å²) in [7, 11) is 0. The molecule has 0 fully saturated rings. The fourth-order valence-corrected chi connectivity index (χ4v) is 2.46. The molecule has 0 spiro atoms. The van der Waals surface area contributed by atoms with E-state index >= 15 is 0 Å². The summed E-state index contributed by atoms with van der Waals surface area (Å²) in [5.41, 5.74) is 1.12. The van der Waals surface area contributed by atoms with Crippen LogP contribution in [0.1, 0.15) is 20.8 Å². The maximum Gasteiger partial charge on any atom is 0.148 e. The lowest BCUT2D eigenvalue weighted by Crippen LogP contribution is -2.37. The molecule has 0 saturated heterocycles. The Labute approximate surface area is 126 Å². The summed E-state index contributed by atoms with van der Waals surface area (Å²) in [6, 6.07) is 5.86. The number of halogens is 2. The molecule has 0 saturated carbocycles. The average molecular weight is 377 g/mol. The molecular weight excluding hydrogens is 358 g/mol. The standard InChI is InChI=1S/C14H19Br2NO/c1-10(8-17-14(2,3)4)9-18-13-11(15)6-5-7-12(13)16/h5-7,17H,1,8-9H2,2-4H3. The first-order valence-electron chi connectivity index (χ1n) is 5.78. The van der Waals surface area contributed by atoms with Crippen LogP contribution in [0, 0.1) is 0 Å². The highest BCUT2D eigenvalue weighted by molar-refractivity contribution is 9.11. The maximum absolute atomic E-state index is 5.76. The molecule has 0 atom stereocenters. The van der Waals surface area contributed by atoms with Crippen LogP contribution in [0.2, 0.25) is 0 Å². The molecule has 0 unspecified atom stereocenters. The van der Waals surface area contributed by atoms with Gasteiger partial charge in [0.2, 0.25) is 0 Å². The van der Waals surface area contributed by atoms with Crippen LogP contribution in [-0.4, -0.2) is 18.7 Å². The molecule has 0 aliphatic heterocycles. The first kappa shape index (κ1) is 15.7. The van der Waals surface area contributed by atoms with Crippen LogP contribution < -0.4 is 10.1 Å². The zero-order valence-electron chi connectivity index (χ0n) is 11.0. The highest BCUT2D eigenvalue weighted by atomic mass is 79.9. The van der Waals surface area contributed by atoms with Gasteiger partial charge >= 0.3 is 0 Å². The molecule has 0 heterocycles. The van der Waals surface area contributed by atoms with Crippen molar-refractivity contribution >= 4 is 31.9 Å². The van der Waals surface area contributed by atoms with E-state index in [9.17, 15) is 0 Å². The van der Waals surface area contributed by atoms with Gasteiger partial charge in [0, 0.05) is 12.1 Å². The van der Waals surface area contributed by atoms with E-state index < -0.39 is 0 Å². The summed E-state index contributed by atoms with van der Waals surface area (Å²) in [5, 5.41) is 3.38. The van der Waals surface area contributed by atoms with Crippen LogP contribution in [-0.2, 0) is 0 Å². The van der Waals surface area contributed by atoms with E-state index in [1.54, 1.807) is 0 Å². The minimum absolute atomic E-state index is 0.0941. The van der Waals surface area contributed by atoms with E-state index in [1.807, 2.05) is 18.2 Å². The van der Waals surface area contributed by atoms with Crippen molar-refractivity contribution in [3.63, 3.8) is 0 Å². The van der Waals surface area contributed by atoms with Gasteiger partial charge in [-0.25, -0.2) is 0 Å². The van der Waals surface area contributed by atoms with Crippen molar-refractivity contribution in [2.45, 2.75) is 26.3 Å². The Balaban J connectivity index is 2.48. The van der Waals surface area contributed by atoms with Crippen molar-refractivity contribution in [3.8, 4) is 5.75 Å². The molecule has 0 radical (unpaired) electrons. The average Bonchev–Trinajstić information content (AvgIpc) is 2.25. The molecule has 0 aromatic heterocycles. The molecule has 1 aromatic carbocycles. The van der Waals surface area contributed by atoms with Crippen LogP contribution in [0.5, 0.6) is 5.75 Å². The van der Waals surface area contributed by atoms with Crippen molar-refractivity contribution in [3.05, 3.63) is 39.3 Å². The smallest absolute Gasteiger partial charge is 0.148 e. The molecule has 4 heteroatoms. The second kappa shape index (κ2) is 6.73. The molecular formula is C14H19Br2NO. The van der Waals surface area contributed by atoms with Crippen molar-refractivity contribution in [1.29, 1.82) is 0 Å². The van der Waals surface area contributed by atoms with E-state index in [2.05, 4.69) is 64.5 Å². The minimum atomic E-state index is 0.0941. The summed E-state index contributed by atoms with van der Waals surface area (Å²) in [6.07, 6.45) is 0. The second-order valence-electron chi connectivity index (χ2n) is 5.19. The van der Waals surface area contributed by atoms with Gasteiger partial charge in [-0.2, -0.15) is 0 Å². The Morgan fingerprint density at radius 1 is 1.28 bits per heavy atom. The summed E-state index contributed by atoms with van der Waals surface area (Å²) in [4.78, 5) is 0. The molecule has 1 rings (SSSR count). The van der Waals surface area contributed by atoms with E-state index in [1.165, 1.54) is 0 Å². The molecule has 0 aliphatic rings. The lowest BCUT2D eigenvalue weighted by Gasteiger charge is -2.21. The Morgan fingerprint density at radius 3 is 2.33 bits per heavy atom. The molecule has 1 N–H and O–H groups in total. The summed E-state index contributed by atoms with van der Waals surface area (Å²) < 4.78 is 7.64. The van der Waals surface area contributed by atoms with Crippen LogP contribution in [0.3, 0.4) is 0 Å². The van der Waals surface area contributed by atoms with Gasteiger partial charge in [-0.05, 0) is 70.3 Å². The van der Waals surface area contributed by atoms with Crippen molar-refractivity contribution in [2.75, 3.05) is 13.2 Å². The molecule has 0 bridgehead atoms. The lowest BCUT2D eigenvalue weighted by molar-refractivity contribution is 0.337. The predicted molar refractivity (Wildman–Crippen MR) is 84.2 cm³/mol. The third-order valence-electron chi connectivity index (χ3n) is 2.21. The largest absolute Gasteiger partial charge is 0.487 e. The maximum atomic E-state index is 5.76. The number of para-hydroxylation sites is 1. The van der Waals surface area contributed by atoms with Gasteiger partial charge in [-0.1, -0.05) is 12.6 Å². The topological polar surface area (TPSA) is 21.3 Å². The fourth-order valence-electron chi connectivity index (χ4n) is 1.24. The molecule has 18 heavy (non-hydrogen) atoms.